The molecule has 1 aliphatic heterocycles. The molecule has 1 aromatic heterocycles. The zero-order valence-electron chi connectivity index (χ0n) is 15.3. The third kappa shape index (κ3) is 4.77. The van der Waals surface area contributed by atoms with Crippen molar-refractivity contribution in [2.45, 2.75) is 6.54 Å². The Balaban J connectivity index is 1.37. The summed E-state index contributed by atoms with van der Waals surface area (Å²) in [6.45, 7) is 4.66. The van der Waals surface area contributed by atoms with Crippen molar-refractivity contribution >= 4 is 34.0 Å². The van der Waals surface area contributed by atoms with Gasteiger partial charge in [-0.2, -0.15) is 0 Å². The molecule has 28 heavy (non-hydrogen) atoms. The number of carbonyl (C=O) groups excluding carboxylic acids is 1. The van der Waals surface area contributed by atoms with Gasteiger partial charge < -0.3 is 9.64 Å². The Morgan fingerprint density at radius 1 is 1.11 bits per heavy atom. The molecule has 5 nitrogen and oxygen atoms in total. The van der Waals surface area contributed by atoms with Crippen LogP contribution >= 0.6 is 22.9 Å². The number of quaternary nitrogens is 1. The summed E-state index contributed by atoms with van der Waals surface area (Å²) < 4.78 is 5.40. The van der Waals surface area contributed by atoms with Gasteiger partial charge in [-0.25, -0.2) is 4.98 Å². The highest BCUT2D eigenvalue weighted by Crippen LogP contribution is 2.26. The number of nitrogens with one attached hydrogen (secondary N) is 2. The first-order valence-corrected chi connectivity index (χ1v) is 10.5. The summed E-state index contributed by atoms with van der Waals surface area (Å²) >= 11 is 7.33. The van der Waals surface area contributed by atoms with Crippen LogP contribution < -0.4 is 10.2 Å². The largest absolute Gasteiger partial charge is 0.370 e. The van der Waals surface area contributed by atoms with Gasteiger partial charge in [-0.1, -0.05) is 35.9 Å². The predicted molar refractivity (Wildman–Crippen MR) is 112 cm³/mol. The quantitative estimate of drug-likeness (QED) is 0.674. The topological polar surface area (TPSA) is 55.7 Å². The van der Waals surface area contributed by atoms with Gasteiger partial charge in [0.25, 0.3) is 5.91 Å². The van der Waals surface area contributed by atoms with E-state index in [2.05, 4.69) is 10.3 Å². The van der Waals surface area contributed by atoms with Crippen LogP contribution in [0.2, 0.25) is 5.02 Å². The van der Waals surface area contributed by atoms with Gasteiger partial charge in [0, 0.05) is 27.1 Å². The van der Waals surface area contributed by atoms with Crippen molar-refractivity contribution in [3.8, 4) is 11.3 Å². The fourth-order valence-electron chi connectivity index (χ4n) is 3.15. The third-order valence-corrected chi connectivity index (χ3v) is 5.74. The van der Waals surface area contributed by atoms with E-state index in [0.717, 1.165) is 44.1 Å². The molecule has 1 fully saturated rings. The number of hydrogen-bond donors (Lipinski definition) is 2. The van der Waals surface area contributed by atoms with Crippen molar-refractivity contribution in [3.63, 3.8) is 0 Å². The van der Waals surface area contributed by atoms with Gasteiger partial charge >= 0.3 is 0 Å². The summed E-state index contributed by atoms with van der Waals surface area (Å²) in [6.07, 6.45) is 0. The first kappa shape index (κ1) is 19.1. The smallest absolute Gasteiger partial charge is 0.257 e. The van der Waals surface area contributed by atoms with Gasteiger partial charge in [0.2, 0.25) is 0 Å². The number of benzene rings is 2. The van der Waals surface area contributed by atoms with Gasteiger partial charge in [0.1, 0.15) is 19.6 Å². The molecule has 0 aliphatic carbocycles. The summed E-state index contributed by atoms with van der Waals surface area (Å²) in [5, 5.41) is 6.07. The lowest BCUT2D eigenvalue weighted by atomic mass is 10.1. The minimum Gasteiger partial charge on any atom is -0.370 e. The summed E-state index contributed by atoms with van der Waals surface area (Å²) in [4.78, 5) is 18.5. The van der Waals surface area contributed by atoms with Gasteiger partial charge in [-0.15, -0.1) is 11.3 Å². The van der Waals surface area contributed by atoms with E-state index in [-0.39, 0.29) is 5.91 Å². The average molecular weight is 415 g/mol. The number of carbonyl (C=O) groups is 1. The Bertz CT molecular complexity index is 935. The lowest BCUT2D eigenvalue weighted by Gasteiger charge is -2.23. The van der Waals surface area contributed by atoms with E-state index in [1.807, 2.05) is 53.9 Å². The number of hydrogen-bond acceptors (Lipinski definition) is 4. The van der Waals surface area contributed by atoms with E-state index in [4.69, 9.17) is 16.3 Å². The number of rotatable bonds is 5. The number of amides is 1. The van der Waals surface area contributed by atoms with Crippen molar-refractivity contribution < 1.29 is 14.4 Å². The molecule has 0 atom stereocenters. The molecule has 3 aromatic rings. The van der Waals surface area contributed by atoms with Crippen LogP contribution in [0.5, 0.6) is 0 Å². The van der Waals surface area contributed by atoms with Gasteiger partial charge in [0.15, 0.2) is 5.13 Å². The maximum absolute atomic E-state index is 12.5. The Morgan fingerprint density at radius 3 is 2.54 bits per heavy atom. The average Bonchev–Trinajstić information content (AvgIpc) is 3.18. The predicted octanol–water partition coefficient (Wildman–Crippen LogP) is 3.13. The zero-order valence-corrected chi connectivity index (χ0v) is 16.9. The number of aromatic nitrogens is 1. The molecule has 0 bridgehead atoms. The van der Waals surface area contributed by atoms with E-state index in [1.165, 1.54) is 21.8 Å². The van der Waals surface area contributed by atoms with Crippen molar-refractivity contribution in [1.82, 2.24) is 4.98 Å². The fourth-order valence-corrected chi connectivity index (χ4v) is 3.99. The minimum atomic E-state index is -0.151. The van der Waals surface area contributed by atoms with Crippen LogP contribution in [0.15, 0.2) is 53.9 Å². The molecule has 144 valence electrons. The maximum atomic E-state index is 12.5. The highest BCUT2D eigenvalue weighted by atomic mass is 35.5. The molecule has 0 spiro atoms. The van der Waals surface area contributed by atoms with Crippen LogP contribution in [0.4, 0.5) is 5.13 Å². The summed E-state index contributed by atoms with van der Waals surface area (Å²) in [5.74, 6) is -0.151. The first-order chi connectivity index (χ1) is 13.7. The van der Waals surface area contributed by atoms with Crippen LogP contribution in [0.25, 0.3) is 11.3 Å². The van der Waals surface area contributed by atoms with E-state index in [9.17, 15) is 4.79 Å². The molecule has 0 saturated carbocycles. The van der Waals surface area contributed by atoms with Crippen molar-refractivity contribution in [3.05, 3.63) is 70.1 Å². The van der Waals surface area contributed by atoms with E-state index < -0.39 is 0 Å². The second kappa shape index (κ2) is 8.84. The van der Waals surface area contributed by atoms with Crippen LogP contribution in [0, 0.1) is 0 Å². The van der Waals surface area contributed by atoms with E-state index in [1.54, 1.807) is 0 Å². The lowest BCUT2D eigenvalue weighted by molar-refractivity contribution is -0.921. The monoisotopic (exact) mass is 414 g/mol. The molecule has 1 aliphatic rings. The lowest BCUT2D eigenvalue weighted by Crippen LogP contribution is -3.12. The van der Waals surface area contributed by atoms with Crippen LogP contribution in [0.3, 0.4) is 0 Å². The van der Waals surface area contributed by atoms with Gasteiger partial charge in [-0.3, -0.25) is 10.1 Å². The molecule has 7 heteroatoms. The van der Waals surface area contributed by atoms with Crippen LogP contribution in [0.1, 0.15) is 15.9 Å². The summed E-state index contributed by atoms with van der Waals surface area (Å²) in [5.41, 5.74) is 3.65. The maximum Gasteiger partial charge on any atom is 0.257 e. The van der Waals surface area contributed by atoms with Gasteiger partial charge in [0.05, 0.1) is 18.9 Å². The van der Waals surface area contributed by atoms with Gasteiger partial charge in [-0.05, 0) is 24.3 Å². The van der Waals surface area contributed by atoms with Crippen molar-refractivity contribution in [2.75, 3.05) is 31.6 Å². The highest BCUT2D eigenvalue weighted by molar-refractivity contribution is 7.14. The molecule has 1 saturated heterocycles. The first-order valence-electron chi connectivity index (χ1n) is 9.20. The second-order valence-corrected chi connectivity index (χ2v) is 8.03. The highest BCUT2D eigenvalue weighted by Gasteiger charge is 2.15. The number of halogens is 1. The Kier molecular flexibility index (Phi) is 6.02. The van der Waals surface area contributed by atoms with Crippen LogP contribution in [-0.4, -0.2) is 37.2 Å². The zero-order chi connectivity index (χ0) is 19.3. The molecule has 0 radical (unpaired) electrons. The Labute approximate surface area is 172 Å². The number of thiazole rings is 1. The number of morpholine rings is 1. The standard InChI is InChI=1S/C21H20ClN3O2S/c22-18-7-5-16(6-8-18)19-14-28-21(23-19)24-20(26)17-3-1-15(2-4-17)13-25-9-11-27-12-10-25/h1-8,14H,9-13H2,(H,23,24,26)/p+1. The Hall–Kier alpha value is -2.25. The summed E-state index contributed by atoms with van der Waals surface area (Å²) in [6, 6.07) is 15.3. The fraction of sp³-hybridized carbons (Fsp3) is 0.238. The van der Waals surface area contributed by atoms with Crippen LogP contribution in [-0.2, 0) is 11.3 Å². The number of nitrogens with zero attached hydrogens (tertiary/aromatic N) is 1. The molecular formula is C21H21ClN3O2S+. The Morgan fingerprint density at radius 2 is 1.82 bits per heavy atom. The number of anilines is 1. The molecule has 2 N–H and O–H groups in total. The third-order valence-electron chi connectivity index (χ3n) is 4.73. The van der Waals surface area contributed by atoms with Crippen molar-refractivity contribution in [1.29, 1.82) is 0 Å². The molecule has 1 amide bonds. The molecular weight excluding hydrogens is 394 g/mol. The molecule has 2 aromatic carbocycles. The molecule has 4 rings (SSSR count). The second-order valence-electron chi connectivity index (χ2n) is 6.73. The van der Waals surface area contributed by atoms with Crippen molar-refractivity contribution in [2.24, 2.45) is 0 Å². The molecule has 0 unspecified atom stereocenters. The SMILES string of the molecule is O=C(Nc1nc(-c2ccc(Cl)cc2)cs1)c1ccc(C[NH+]2CCOCC2)cc1. The molecule has 2 heterocycles. The summed E-state index contributed by atoms with van der Waals surface area (Å²) in [7, 11) is 0. The van der Waals surface area contributed by atoms with E-state index in [0.29, 0.717) is 15.7 Å². The number of ether oxygens (including phenoxy) is 1. The normalized spacial score (nSPS) is 14.8. The minimum absolute atomic E-state index is 0.151. The van der Waals surface area contributed by atoms with E-state index >= 15 is 0 Å².